The lowest BCUT2D eigenvalue weighted by atomic mass is 9.95. The number of nitro groups is 1. The molecule has 1 fully saturated rings. The molecule has 2 rings (SSSR count). The second-order valence-electron chi connectivity index (χ2n) is 5.39. The zero-order chi connectivity index (χ0) is 15.4. The van der Waals surface area contributed by atoms with Gasteiger partial charge < -0.3 is 15.4 Å². The lowest BCUT2D eigenvalue weighted by Crippen LogP contribution is -2.49. The van der Waals surface area contributed by atoms with Crippen LogP contribution in [0.15, 0.2) is 18.2 Å². The Kier molecular flexibility index (Phi) is 5.01. The molecule has 0 radical (unpaired) electrons. The van der Waals surface area contributed by atoms with Gasteiger partial charge in [-0.2, -0.15) is 0 Å². The number of hydrogen-bond donors (Lipinski definition) is 1. The van der Waals surface area contributed by atoms with Gasteiger partial charge in [0.05, 0.1) is 11.5 Å². The minimum absolute atomic E-state index is 0.0477. The van der Waals surface area contributed by atoms with Crippen LogP contribution in [0.3, 0.4) is 0 Å². The average Bonchev–Trinajstić information content (AvgIpc) is 2.46. The van der Waals surface area contributed by atoms with E-state index in [2.05, 4.69) is 11.8 Å². The van der Waals surface area contributed by atoms with Crippen LogP contribution in [0.4, 0.5) is 11.4 Å². The first-order chi connectivity index (χ1) is 10.1. The third kappa shape index (κ3) is 3.10. The van der Waals surface area contributed by atoms with E-state index in [-0.39, 0.29) is 22.7 Å². The Hall–Kier alpha value is -1.82. The van der Waals surface area contributed by atoms with Gasteiger partial charge in [-0.1, -0.05) is 6.07 Å². The van der Waals surface area contributed by atoms with Gasteiger partial charge in [-0.25, -0.2) is 0 Å². The third-order valence-electron chi connectivity index (χ3n) is 4.04. The summed E-state index contributed by atoms with van der Waals surface area (Å²) in [6, 6.07) is 5.64. The highest BCUT2D eigenvalue weighted by Crippen LogP contribution is 2.41. The maximum atomic E-state index is 11.5. The Morgan fingerprint density at radius 1 is 1.48 bits per heavy atom. The first kappa shape index (κ1) is 15.6. The second kappa shape index (κ2) is 6.76. The largest absolute Gasteiger partial charge is 0.487 e. The van der Waals surface area contributed by atoms with E-state index >= 15 is 0 Å². The van der Waals surface area contributed by atoms with Crippen molar-refractivity contribution >= 4 is 11.4 Å². The summed E-state index contributed by atoms with van der Waals surface area (Å²) < 4.78 is 5.43. The number of nitrogens with two attached hydrogens (primary N) is 1. The van der Waals surface area contributed by atoms with Gasteiger partial charge in [0.1, 0.15) is 5.69 Å². The molecule has 0 saturated carbocycles. The minimum atomic E-state index is -0.352. The molecule has 2 unspecified atom stereocenters. The van der Waals surface area contributed by atoms with E-state index in [1.165, 1.54) is 0 Å². The van der Waals surface area contributed by atoms with E-state index in [9.17, 15) is 10.1 Å². The molecule has 0 aromatic heterocycles. The van der Waals surface area contributed by atoms with Crippen molar-refractivity contribution in [3.63, 3.8) is 0 Å². The Bertz CT molecular complexity index is 507. The summed E-state index contributed by atoms with van der Waals surface area (Å²) in [5.74, 6) is 0.327. The highest BCUT2D eigenvalue weighted by molar-refractivity contribution is 5.70. The van der Waals surface area contributed by atoms with Crippen LogP contribution in [0.2, 0.25) is 0 Å². The van der Waals surface area contributed by atoms with Gasteiger partial charge >= 0.3 is 5.69 Å². The summed E-state index contributed by atoms with van der Waals surface area (Å²) in [5, 5.41) is 11.5. The van der Waals surface area contributed by atoms with Gasteiger partial charge in [-0.05, 0) is 45.2 Å². The number of rotatable bonds is 5. The highest BCUT2D eigenvalue weighted by atomic mass is 16.6. The summed E-state index contributed by atoms with van der Waals surface area (Å²) >= 11 is 0. The van der Waals surface area contributed by atoms with Crippen molar-refractivity contribution in [1.82, 2.24) is 0 Å². The standard InChI is InChI=1S/C15H23N3O3/c1-3-21-14-9-5-8-13(15(14)18(19)20)17-11(2)6-4-7-12(17)10-16/h5,8-9,11-12H,3-4,6-7,10,16H2,1-2H3. The number of hydrogen-bond acceptors (Lipinski definition) is 5. The van der Waals surface area contributed by atoms with Crippen molar-refractivity contribution in [3.8, 4) is 5.75 Å². The van der Waals surface area contributed by atoms with E-state index in [0.717, 1.165) is 19.3 Å². The molecule has 1 aliphatic rings. The number of nitrogens with zero attached hydrogens (tertiary/aromatic N) is 2. The molecule has 0 amide bonds. The van der Waals surface area contributed by atoms with Crippen LogP contribution < -0.4 is 15.4 Å². The van der Waals surface area contributed by atoms with E-state index in [4.69, 9.17) is 10.5 Å². The quantitative estimate of drug-likeness (QED) is 0.666. The second-order valence-corrected chi connectivity index (χ2v) is 5.39. The fraction of sp³-hybridized carbons (Fsp3) is 0.600. The number of para-hydroxylation sites is 1. The predicted octanol–water partition coefficient (Wildman–Crippen LogP) is 2.70. The fourth-order valence-corrected chi connectivity index (χ4v) is 3.13. The van der Waals surface area contributed by atoms with E-state index < -0.39 is 0 Å². The number of anilines is 1. The summed E-state index contributed by atoms with van der Waals surface area (Å²) in [6.45, 7) is 4.82. The topological polar surface area (TPSA) is 81.6 Å². The zero-order valence-electron chi connectivity index (χ0n) is 12.6. The number of benzene rings is 1. The first-order valence-electron chi connectivity index (χ1n) is 7.48. The predicted molar refractivity (Wildman–Crippen MR) is 82.9 cm³/mol. The summed E-state index contributed by atoms with van der Waals surface area (Å²) in [6.07, 6.45) is 3.10. The lowest BCUT2D eigenvalue weighted by Gasteiger charge is -2.41. The van der Waals surface area contributed by atoms with Crippen molar-refractivity contribution in [3.05, 3.63) is 28.3 Å². The van der Waals surface area contributed by atoms with Gasteiger partial charge in [-0.3, -0.25) is 10.1 Å². The summed E-state index contributed by atoms with van der Waals surface area (Å²) in [5.41, 5.74) is 6.54. The van der Waals surface area contributed by atoms with Crippen LogP contribution in [-0.4, -0.2) is 30.2 Å². The van der Waals surface area contributed by atoms with E-state index in [0.29, 0.717) is 24.6 Å². The molecule has 0 spiro atoms. The van der Waals surface area contributed by atoms with Gasteiger partial charge in [0.15, 0.2) is 5.75 Å². The van der Waals surface area contributed by atoms with Crippen LogP contribution >= 0.6 is 0 Å². The Morgan fingerprint density at radius 3 is 2.86 bits per heavy atom. The number of ether oxygens (including phenoxy) is 1. The van der Waals surface area contributed by atoms with Crippen LogP contribution in [-0.2, 0) is 0 Å². The molecule has 2 atom stereocenters. The van der Waals surface area contributed by atoms with Gasteiger partial charge in [0.2, 0.25) is 0 Å². The minimum Gasteiger partial charge on any atom is -0.487 e. The van der Waals surface area contributed by atoms with Crippen LogP contribution in [0, 0.1) is 10.1 Å². The normalized spacial score (nSPS) is 22.1. The van der Waals surface area contributed by atoms with Crippen LogP contribution in [0.25, 0.3) is 0 Å². The molecule has 0 aliphatic carbocycles. The first-order valence-corrected chi connectivity index (χ1v) is 7.48. The van der Waals surface area contributed by atoms with Gasteiger partial charge in [0.25, 0.3) is 0 Å². The van der Waals surface area contributed by atoms with E-state index in [1.807, 2.05) is 13.0 Å². The van der Waals surface area contributed by atoms with E-state index in [1.54, 1.807) is 12.1 Å². The molecule has 21 heavy (non-hydrogen) atoms. The molecular formula is C15H23N3O3. The smallest absolute Gasteiger partial charge is 0.333 e. The average molecular weight is 293 g/mol. The van der Waals surface area contributed by atoms with Crippen LogP contribution in [0.5, 0.6) is 5.75 Å². The van der Waals surface area contributed by atoms with Crippen molar-refractivity contribution in [2.75, 3.05) is 18.1 Å². The van der Waals surface area contributed by atoms with Crippen molar-refractivity contribution in [2.45, 2.75) is 45.2 Å². The summed E-state index contributed by atoms with van der Waals surface area (Å²) in [7, 11) is 0. The molecule has 1 aromatic carbocycles. The number of piperidine rings is 1. The Balaban J connectivity index is 2.50. The van der Waals surface area contributed by atoms with Crippen LogP contribution in [0.1, 0.15) is 33.1 Å². The van der Waals surface area contributed by atoms with Crippen molar-refractivity contribution in [2.24, 2.45) is 5.73 Å². The molecule has 6 nitrogen and oxygen atoms in total. The van der Waals surface area contributed by atoms with Crippen molar-refractivity contribution < 1.29 is 9.66 Å². The molecule has 6 heteroatoms. The lowest BCUT2D eigenvalue weighted by molar-refractivity contribution is -0.385. The molecule has 1 aliphatic heterocycles. The Labute approximate surface area is 125 Å². The highest BCUT2D eigenvalue weighted by Gasteiger charge is 2.33. The summed E-state index contributed by atoms with van der Waals surface area (Å²) in [4.78, 5) is 13.3. The molecular weight excluding hydrogens is 270 g/mol. The molecule has 0 bridgehead atoms. The third-order valence-corrected chi connectivity index (χ3v) is 4.04. The maximum absolute atomic E-state index is 11.5. The SMILES string of the molecule is CCOc1cccc(N2C(C)CCCC2CN)c1[N+](=O)[O-]. The maximum Gasteiger partial charge on any atom is 0.333 e. The van der Waals surface area contributed by atoms with Crippen molar-refractivity contribution in [1.29, 1.82) is 0 Å². The number of nitro benzene ring substituents is 1. The molecule has 2 N–H and O–H groups in total. The van der Waals surface area contributed by atoms with Gasteiger partial charge in [0, 0.05) is 18.6 Å². The Morgan fingerprint density at radius 2 is 2.24 bits per heavy atom. The molecule has 1 heterocycles. The molecule has 1 aromatic rings. The monoisotopic (exact) mass is 293 g/mol. The fourth-order valence-electron chi connectivity index (χ4n) is 3.13. The zero-order valence-corrected chi connectivity index (χ0v) is 12.6. The van der Waals surface area contributed by atoms with Gasteiger partial charge in [-0.15, -0.1) is 0 Å². The molecule has 1 saturated heterocycles. The molecule has 116 valence electrons.